The zero-order valence-corrected chi connectivity index (χ0v) is 35.7. The van der Waals surface area contributed by atoms with Crippen LogP contribution >= 0.6 is 0 Å². The number of hydrogen-bond acceptors (Lipinski definition) is 12. The average molecular weight is 869 g/mol. The fourth-order valence-electron chi connectivity index (χ4n) is 5.81. The predicted octanol–water partition coefficient (Wildman–Crippen LogP) is 9.31. The highest BCUT2D eigenvalue weighted by Gasteiger charge is 2.18. The van der Waals surface area contributed by atoms with Crippen molar-refractivity contribution in [2.45, 2.75) is 33.6 Å². The first-order valence-corrected chi connectivity index (χ1v) is 21.9. The number of unbranched alkanes of at least 4 members (excludes halogenated alkanes) is 1. The molecule has 0 saturated heterocycles. The van der Waals surface area contributed by atoms with E-state index in [1.807, 2.05) is 6.92 Å². The molecular formula is C42H46F2N4O10S2. The molecule has 0 amide bonds. The Balaban J connectivity index is 0.000000228. The minimum absolute atomic E-state index is 0.0600. The number of halogens is 2. The molecule has 0 aliphatic heterocycles. The van der Waals surface area contributed by atoms with Crippen LogP contribution in [0, 0.1) is 17.6 Å². The van der Waals surface area contributed by atoms with Crippen LogP contribution in [0.3, 0.4) is 0 Å². The van der Waals surface area contributed by atoms with Gasteiger partial charge in [-0.2, -0.15) is 0 Å². The van der Waals surface area contributed by atoms with Gasteiger partial charge in [0.1, 0.15) is 23.0 Å². The van der Waals surface area contributed by atoms with E-state index < -0.39 is 31.7 Å². The Morgan fingerprint density at radius 3 is 1.38 bits per heavy atom. The molecule has 0 atom stereocenters. The summed E-state index contributed by atoms with van der Waals surface area (Å²) in [4.78, 5) is 8.59. The van der Waals surface area contributed by atoms with Crippen LogP contribution in [-0.4, -0.2) is 66.7 Å². The maximum atomic E-state index is 14.5. The van der Waals surface area contributed by atoms with Gasteiger partial charge >= 0.3 is 0 Å². The van der Waals surface area contributed by atoms with Crippen LogP contribution in [0.2, 0.25) is 0 Å². The molecule has 6 rings (SSSR count). The number of nitrogens with one attached hydrogen (secondary N) is 2. The van der Waals surface area contributed by atoms with Gasteiger partial charge in [0.05, 0.1) is 62.4 Å². The highest BCUT2D eigenvalue weighted by molar-refractivity contribution is 7.92. The number of sulfonamides is 2. The molecule has 18 heteroatoms. The summed E-state index contributed by atoms with van der Waals surface area (Å²) < 4.78 is 115. The second-order valence-electron chi connectivity index (χ2n) is 13.6. The summed E-state index contributed by atoms with van der Waals surface area (Å²) in [6, 6.07) is 18.1. The Labute approximate surface area is 347 Å². The molecule has 0 bridgehead atoms. The Hall–Kier alpha value is -6.14. The first kappa shape index (κ1) is 45.0. The maximum Gasteiger partial charge on any atom is 0.233 e. The summed E-state index contributed by atoms with van der Waals surface area (Å²) >= 11 is 0. The van der Waals surface area contributed by atoms with Gasteiger partial charge in [-0.15, -0.1) is 0 Å². The van der Waals surface area contributed by atoms with E-state index in [0.29, 0.717) is 62.7 Å². The fraction of sp³-hybridized carbons (Fsp3) is 0.286. The minimum Gasteiger partial charge on any atom is -0.493 e. The Bertz CT molecular complexity index is 2680. The van der Waals surface area contributed by atoms with Crippen molar-refractivity contribution in [3.63, 3.8) is 0 Å². The first-order valence-electron chi connectivity index (χ1n) is 18.6. The standard InChI is InChI=1S/2C21H23FN2O5S/c1-13(2)12-30(25,26)24-17-6-5-14(9-16(17)22)29-19-7-8-23-18-11-21(28-4)20(27-3)10-15(18)19;1-4-5-10-30(25,26)24-17-7-6-14(11-16(17)22)29-19-8-9-23-18-13-21(28-3)20(27-2)12-15(18)19/h5-11,13,24H,12H2,1-4H3;6-9,11-13,24H,4-5,10H2,1-3H3. The Morgan fingerprint density at radius 1 is 0.583 bits per heavy atom. The van der Waals surface area contributed by atoms with E-state index in [1.165, 1.54) is 52.7 Å². The molecule has 0 aliphatic carbocycles. The minimum atomic E-state index is -3.64. The number of aromatic nitrogens is 2. The Morgan fingerprint density at radius 2 is 1.00 bits per heavy atom. The number of anilines is 2. The number of pyridine rings is 2. The molecule has 0 aliphatic rings. The van der Waals surface area contributed by atoms with Crippen molar-refractivity contribution in [2.75, 3.05) is 49.4 Å². The van der Waals surface area contributed by atoms with E-state index in [4.69, 9.17) is 28.4 Å². The summed E-state index contributed by atoms with van der Waals surface area (Å²) in [5.74, 6) is 1.66. The van der Waals surface area contributed by atoms with Gasteiger partial charge in [0.25, 0.3) is 0 Å². The van der Waals surface area contributed by atoms with Crippen LogP contribution in [0.4, 0.5) is 20.2 Å². The molecule has 320 valence electrons. The fourth-order valence-corrected chi connectivity index (χ4v) is 8.54. The van der Waals surface area contributed by atoms with Crippen molar-refractivity contribution >= 4 is 53.2 Å². The van der Waals surface area contributed by atoms with E-state index in [9.17, 15) is 25.6 Å². The number of hydrogen-bond donors (Lipinski definition) is 2. The zero-order valence-electron chi connectivity index (χ0n) is 34.0. The SMILES string of the molecule is CCCCS(=O)(=O)Nc1ccc(Oc2ccnc3cc(OC)c(OC)cc23)cc1F.COc1cc2nccc(Oc3ccc(NS(=O)(=O)CC(C)C)c(F)c3)c2cc1OC. The van der Waals surface area contributed by atoms with Gasteiger partial charge in [-0.25, -0.2) is 25.6 Å². The smallest absolute Gasteiger partial charge is 0.233 e. The lowest BCUT2D eigenvalue weighted by atomic mass is 10.2. The van der Waals surface area contributed by atoms with E-state index in [2.05, 4.69) is 19.4 Å². The molecular weight excluding hydrogens is 823 g/mol. The highest BCUT2D eigenvalue weighted by Crippen LogP contribution is 2.39. The van der Waals surface area contributed by atoms with Crippen molar-refractivity contribution < 1.29 is 54.0 Å². The third-order valence-corrected chi connectivity index (χ3v) is 11.6. The summed E-state index contributed by atoms with van der Waals surface area (Å²) in [6.07, 6.45) is 4.36. The molecule has 0 unspecified atom stereocenters. The van der Waals surface area contributed by atoms with E-state index >= 15 is 0 Å². The normalized spacial score (nSPS) is 11.4. The lowest BCUT2D eigenvalue weighted by molar-refractivity contribution is 0.355. The summed E-state index contributed by atoms with van der Waals surface area (Å²) in [7, 11) is -1.12. The molecule has 4 aromatic carbocycles. The lowest BCUT2D eigenvalue weighted by Gasteiger charge is -2.14. The van der Waals surface area contributed by atoms with Gasteiger partial charge in [0.15, 0.2) is 34.6 Å². The summed E-state index contributed by atoms with van der Waals surface area (Å²) in [6.45, 7) is 5.43. The predicted molar refractivity (Wildman–Crippen MR) is 227 cm³/mol. The average Bonchev–Trinajstić information content (AvgIpc) is 3.21. The second-order valence-corrected chi connectivity index (χ2v) is 17.2. The second kappa shape index (κ2) is 19.7. The summed E-state index contributed by atoms with van der Waals surface area (Å²) in [5, 5.41) is 1.30. The van der Waals surface area contributed by atoms with Gasteiger partial charge in [-0.3, -0.25) is 19.4 Å². The largest absolute Gasteiger partial charge is 0.493 e. The van der Waals surface area contributed by atoms with Gasteiger partial charge in [-0.1, -0.05) is 27.2 Å². The third kappa shape index (κ3) is 11.5. The van der Waals surface area contributed by atoms with Gasteiger partial charge < -0.3 is 28.4 Å². The third-order valence-electron chi connectivity index (χ3n) is 8.60. The van der Waals surface area contributed by atoms with Crippen molar-refractivity contribution in [3.05, 3.63) is 96.8 Å². The van der Waals surface area contributed by atoms with E-state index in [-0.39, 0.29) is 40.3 Å². The van der Waals surface area contributed by atoms with Crippen molar-refractivity contribution in [1.82, 2.24) is 9.97 Å². The molecule has 14 nitrogen and oxygen atoms in total. The van der Waals surface area contributed by atoms with Crippen molar-refractivity contribution in [1.29, 1.82) is 0 Å². The number of methoxy groups -OCH3 is 4. The van der Waals surface area contributed by atoms with E-state index in [1.54, 1.807) is 62.6 Å². The van der Waals surface area contributed by atoms with Crippen molar-refractivity contribution in [3.8, 4) is 46.0 Å². The van der Waals surface area contributed by atoms with Crippen LogP contribution in [0.1, 0.15) is 33.6 Å². The quantitative estimate of drug-likeness (QED) is 0.0891. The molecule has 2 aromatic heterocycles. The van der Waals surface area contributed by atoms with Gasteiger partial charge in [0.2, 0.25) is 20.0 Å². The van der Waals surface area contributed by atoms with Gasteiger partial charge in [-0.05, 0) is 60.9 Å². The molecule has 60 heavy (non-hydrogen) atoms. The first-order chi connectivity index (χ1) is 28.6. The monoisotopic (exact) mass is 868 g/mol. The molecule has 6 aromatic rings. The zero-order chi connectivity index (χ0) is 43.6. The van der Waals surface area contributed by atoms with Crippen LogP contribution in [0.5, 0.6) is 46.0 Å². The van der Waals surface area contributed by atoms with Crippen molar-refractivity contribution in [2.24, 2.45) is 5.92 Å². The molecule has 2 heterocycles. The molecule has 0 radical (unpaired) electrons. The number of fused-ring (bicyclic) bond motifs is 2. The molecule has 0 spiro atoms. The molecule has 0 fully saturated rings. The van der Waals surface area contributed by atoms with Crippen LogP contribution < -0.4 is 37.9 Å². The van der Waals surface area contributed by atoms with Crippen LogP contribution in [-0.2, 0) is 20.0 Å². The van der Waals surface area contributed by atoms with Crippen LogP contribution in [0.25, 0.3) is 21.8 Å². The summed E-state index contributed by atoms with van der Waals surface area (Å²) in [5.41, 5.74) is 0.980. The highest BCUT2D eigenvalue weighted by atomic mass is 32.2. The van der Waals surface area contributed by atoms with Gasteiger partial charge in [0, 0.05) is 47.4 Å². The maximum absolute atomic E-state index is 14.5. The lowest BCUT2D eigenvalue weighted by Crippen LogP contribution is -2.20. The Kier molecular flexibility index (Phi) is 14.8. The molecule has 2 N–H and O–H groups in total. The van der Waals surface area contributed by atoms with Crippen LogP contribution in [0.15, 0.2) is 85.2 Å². The number of benzene rings is 4. The molecule has 0 saturated carbocycles. The number of rotatable bonds is 17. The number of ether oxygens (including phenoxy) is 6. The number of nitrogens with zero attached hydrogens (tertiary/aromatic N) is 2. The topological polar surface area (TPSA) is 174 Å². The van der Waals surface area contributed by atoms with E-state index in [0.717, 1.165) is 18.6 Å².